The maximum atomic E-state index is 13.7. The maximum absolute atomic E-state index is 13.7. The zero-order valence-corrected chi connectivity index (χ0v) is 13.0. The Labute approximate surface area is 137 Å². The first-order valence-corrected chi connectivity index (χ1v) is 7.25. The van der Waals surface area contributed by atoms with Gasteiger partial charge >= 0.3 is 6.03 Å². The van der Waals surface area contributed by atoms with Crippen molar-refractivity contribution in [3.63, 3.8) is 0 Å². The molecule has 2 aromatic rings. The van der Waals surface area contributed by atoms with E-state index in [2.05, 4.69) is 10.6 Å². The highest BCUT2D eigenvalue weighted by Gasteiger charge is 2.15. The first kappa shape index (κ1) is 17.4. The third kappa shape index (κ3) is 4.52. The Morgan fingerprint density at radius 2 is 1.79 bits per heavy atom. The van der Waals surface area contributed by atoms with Crippen molar-refractivity contribution < 1.29 is 18.4 Å². The van der Waals surface area contributed by atoms with Crippen LogP contribution in [-0.4, -0.2) is 11.9 Å². The van der Waals surface area contributed by atoms with E-state index in [0.29, 0.717) is 5.56 Å². The standard InChI is InChI=1S/C17H17F2N3O2/c1-10(14-7-6-13(18)8-15(14)19)22-16(23)12-4-2-11(3-5-12)9-21-17(20)24/h2-8,10H,9H2,1H3,(H,22,23)(H3,20,21,24)/t10-/m1/s1. The number of rotatable bonds is 5. The van der Waals surface area contributed by atoms with Gasteiger partial charge < -0.3 is 16.4 Å². The quantitative estimate of drug-likeness (QED) is 0.786. The summed E-state index contributed by atoms with van der Waals surface area (Å²) in [5.74, 6) is -1.77. The molecule has 126 valence electrons. The lowest BCUT2D eigenvalue weighted by Gasteiger charge is -2.15. The Kier molecular flexibility index (Phi) is 5.47. The van der Waals surface area contributed by atoms with E-state index in [1.807, 2.05) is 0 Å². The summed E-state index contributed by atoms with van der Waals surface area (Å²) in [5.41, 5.74) is 6.34. The summed E-state index contributed by atoms with van der Waals surface area (Å²) in [7, 11) is 0. The van der Waals surface area contributed by atoms with Gasteiger partial charge in [-0.15, -0.1) is 0 Å². The third-order valence-electron chi connectivity index (χ3n) is 3.46. The van der Waals surface area contributed by atoms with Crippen LogP contribution >= 0.6 is 0 Å². The summed E-state index contributed by atoms with van der Waals surface area (Å²) in [6, 6.07) is 8.49. The minimum Gasteiger partial charge on any atom is -0.352 e. The van der Waals surface area contributed by atoms with Crippen molar-refractivity contribution in [2.45, 2.75) is 19.5 Å². The lowest BCUT2D eigenvalue weighted by molar-refractivity contribution is 0.0939. The molecule has 1 atom stereocenters. The molecule has 0 unspecified atom stereocenters. The molecule has 2 aromatic carbocycles. The second-order valence-electron chi connectivity index (χ2n) is 5.28. The summed E-state index contributed by atoms with van der Waals surface area (Å²) in [6.07, 6.45) is 0. The van der Waals surface area contributed by atoms with Gasteiger partial charge in [0.05, 0.1) is 6.04 Å². The summed E-state index contributed by atoms with van der Waals surface area (Å²) in [4.78, 5) is 22.8. The van der Waals surface area contributed by atoms with Gasteiger partial charge in [-0.25, -0.2) is 13.6 Å². The van der Waals surface area contributed by atoms with Crippen molar-refractivity contribution in [2.24, 2.45) is 5.73 Å². The highest BCUT2D eigenvalue weighted by molar-refractivity contribution is 5.94. The lowest BCUT2D eigenvalue weighted by atomic mass is 10.1. The minimum atomic E-state index is -0.712. The summed E-state index contributed by atoms with van der Waals surface area (Å²) in [5, 5.41) is 5.09. The first-order chi connectivity index (χ1) is 11.4. The van der Waals surface area contributed by atoms with Gasteiger partial charge in [0, 0.05) is 23.7 Å². The number of urea groups is 1. The van der Waals surface area contributed by atoms with Crippen LogP contribution in [0.2, 0.25) is 0 Å². The molecule has 5 nitrogen and oxygen atoms in total. The van der Waals surface area contributed by atoms with Crippen LogP contribution in [0.4, 0.5) is 13.6 Å². The Morgan fingerprint density at radius 1 is 1.12 bits per heavy atom. The average Bonchev–Trinajstić information content (AvgIpc) is 2.53. The Balaban J connectivity index is 2.02. The molecular formula is C17H17F2N3O2. The van der Waals surface area contributed by atoms with Crippen molar-refractivity contribution in [1.82, 2.24) is 10.6 Å². The van der Waals surface area contributed by atoms with Crippen LogP contribution in [0.15, 0.2) is 42.5 Å². The molecule has 0 fully saturated rings. The third-order valence-corrected chi connectivity index (χ3v) is 3.46. The molecule has 7 heteroatoms. The van der Waals surface area contributed by atoms with Gasteiger partial charge in [0.15, 0.2) is 0 Å². The molecule has 0 radical (unpaired) electrons. The number of hydrogen-bond acceptors (Lipinski definition) is 2. The lowest BCUT2D eigenvalue weighted by Crippen LogP contribution is -2.29. The van der Waals surface area contributed by atoms with Gasteiger partial charge in [0.2, 0.25) is 0 Å². The minimum absolute atomic E-state index is 0.201. The molecule has 0 aliphatic carbocycles. The van der Waals surface area contributed by atoms with E-state index in [0.717, 1.165) is 17.7 Å². The van der Waals surface area contributed by atoms with E-state index >= 15 is 0 Å². The van der Waals surface area contributed by atoms with Crippen LogP contribution in [0.1, 0.15) is 34.5 Å². The SMILES string of the molecule is C[C@@H](NC(=O)c1ccc(CNC(N)=O)cc1)c1ccc(F)cc1F. The van der Waals surface area contributed by atoms with Crippen LogP contribution in [0.3, 0.4) is 0 Å². The number of nitrogens with one attached hydrogen (secondary N) is 2. The molecule has 0 spiro atoms. The van der Waals surface area contributed by atoms with Crippen molar-refractivity contribution in [1.29, 1.82) is 0 Å². The van der Waals surface area contributed by atoms with Crippen molar-refractivity contribution >= 4 is 11.9 Å². The zero-order chi connectivity index (χ0) is 17.7. The summed E-state index contributed by atoms with van der Waals surface area (Å²) in [6.45, 7) is 1.87. The van der Waals surface area contributed by atoms with Gasteiger partial charge in [-0.2, -0.15) is 0 Å². The van der Waals surface area contributed by atoms with Crippen molar-refractivity contribution in [3.8, 4) is 0 Å². The van der Waals surface area contributed by atoms with Gasteiger partial charge in [0.1, 0.15) is 11.6 Å². The molecule has 0 heterocycles. The van der Waals surface area contributed by atoms with Crippen LogP contribution in [0, 0.1) is 11.6 Å². The van der Waals surface area contributed by atoms with Crippen molar-refractivity contribution in [3.05, 3.63) is 70.8 Å². The second-order valence-corrected chi connectivity index (χ2v) is 5.28. The predicted octanol–water partition coefficient (Wildman–Crippen LogP) is 2.62. The van der Waals surface area contributed by atoms with E-state index in [-0.39, 0.29) is 18.0 Å². The molecule has 0 saturated heterocycles. The highest BCUT2D eigenvalue weighted by atomic mass is 19.1. The summed E-state index contributed by atoms with van der Waals surface area (Å²) >= 11 is 0. The molecule has 0 aliphatic rings. The van der Waals surface area contributed by atoms with Crippen molar-refractivity contribution in [2.75, 3.05) is 0 Å². The number of primary amides is 1. The fourth-order valence-electron chi connectivity index (χ4n) is 2.17. The largest absolute Gasteiger partial charge is 0.352 e. The fourth-order valence-corrected chi connectivity index (χ4v) is 2.17. The van der Waals surface area contributed by atoms with E-state index in [4.69, 9.17) is 5.73 Å². The maximum Gasteiger partial charge on any atom is 0.312 e. The van der Waals surface area contributed by atoms with E-state index in [9.17, 15) is 18.4 Å². The molecule has 24 heavy (non-hydrogen) atoms. The van der Waals surface area contributed by atoms with Crippen LogP contribution in [0.5, 0.6) is 0 Å². The molecular weight excluding hydrogens is 316 g/mol. The van der Waals surface area contributed by atoms with Gasteiger partial charge in [-0.1, -0.05) is 18.2 Å². The second kappa shape index (κ2) is 7.54. The number of benzene rings is 2. The number of hydrogen-bond donors (Lipinski definition) is 3. The Morgan fingerprint density at radius 3 is 2.38 bits per heavy atom. The van der Waals surface area contributed by atoms with Gasteiger partial charge in [-0.05, 0) is 30.7 Å². The van der Waals surface area contributed by atoms with Crippen LogP contribution in [-0.2, 0) is 6.54 Å². The zero-order valence-electron chi connectivity index (χ0n) is 13.0. The summed E-state index contributed by atoms with van der Waals surface area (Å²) < 4.78 is 26.6. The van der Waals surface area contributed by atoms with E-state index in [1.165, 1.54) is 6.07 Å². The molecule has 0 bridgehead atoms. The normalized spacial score (nSPS) is 11.6. The Bertz CT molecular complexity index is 748. The number of carbonyl (C=O) groups excluding carboxylic acids is 2. The fraction of sp³-hybridized carbons (Fsp3) is 0.176. The first-order valence-electron chi connectivity index (χ1n) is 7.25. The number of halogens is 2. The number of nitrogens with two attached hydrogens (primary N) is 1. The average molecular weight is 333 g/mol. The number of carbonyl (C=O) groups is 2. The van der Waals surface area contributed by atoms with E-state index in [1.54, 1.807) is 31.2 Å². The monoisotopic (exact) mass is 333 g/mol. The Hall–Kier alpha value is -2.96. The molecule has 0 aliphatic heterocycles. The van der Waals surface area contributed by atoms with Crippen LogP contribution < -0.4 is 16.4 Å². The topological polar surface area (TPSA) is 84.2 Å². The molecule has 3 amide bonds. The highest BCUT2D eigenvalue weighted by Crippen LogP contribution is 2.18. The van der Waals surface area contributed by atoms with Gasteiger partial charge in [0.25, 0.3) is 5.91 Å². The molecule has 0 aromatic heterocycles. The molecule has 0 saturated carbocycles. The molecule has 2 rings (SSSR count). The molecule has 4 N–H and O–H groups in total. The van der Waals surface area contributed by atoms with E-state index < -0.39 is 23.7 Å². The smallest absolute Gasteiger partial charge is 0.312 e. The van der Waals surface area contributed by atoms with Crippen LogP contribution in [0.25, 0.3) is 0 Å². The van der Waals surface area contributed by atoms with Gasteiger partial charge in [-0.3, -0.25) is 4.79 Å². The predicted molar refractivity (Wildman–Crippen MR) is 85.1 cm³/mol. The number of amides is 3.